The summed E-state index contributed by atoms with van der Waals surface area (Å²) >= 11 is 5.89. The summed E-state index contributed by atoms with van der Waals surface area (Å²) in [5, 5.41) is 22.0. The summed E-state index contributed by atoms with van der Waals surface area (Å²) in [5.74, 6) is -2.42. The largest absolute Gasteiger partial charge is 0.547 e. The molecule has 1 aliphatic heterocycles. The van der Waals surface area contributed by atoms with E-state index in [1.807, 2.05) is 0 Å². The van der Waals surface area contributed by atoms with E-state index in [4.69, 9.17) is 21.4 Å². The van der Waals surface area contributed by atoms with Gasteiger partial charge in [0.2, 0.25) is 5.91 Å². The van der Waals surface area contributed by atoms with Crippen molar-refractivity contribution < 1.29 is 29.2 Å². The number of carboxylic acid groups (broad SMARTS) is 1. The Morgan fingerprint density at radius 1 is 1.39 bits per heavy atom. The van der Waals surface area contributed by atoms with Gasteiger partial charge in [0.1, 0.15) is 17.1 Å². The van der Waals surface area contributed by atoms with Crippen LogP contribution in [-0.2, 0) is 16.0 Å². The molecule has 0 spiro atoms. The minimum Gasteiger partial charge on any atom is -0.534 e. The van der Waals surface area contributed by atoms with Crippen molar-refractivity contribution in [1.82, 2.24) is 5.32 Å². The molecule has 0 radical (unpaired) electrons. The number of halogens is 1. The summed E-state index contributed by atoms with van der Waals surface area (Å²) < 4.78 is 5.25. The maximum Gasteiger partial charge on any atom is 0.547 e. The SMILES string of the molecule is CC(=O)CCC(=O)N[C@H]1Cc2cc(Cl)cc(C(=O)O)c2OB1O. The number of Topliss-reactive ketones (excluding diaryl/α,β-unsaturated/α-hetero) is 1. The second-order valence-electron chi connectivity index (χ2n) is 5.34. The van der Waals surface area contributed by atoms with Crippen molar-refractivity contribution in [1.29, 1.82) is 0 Å². The number of fused-ring (bicyclic) bond motifs is 1. The number of aromatic carboxylic acids is 1. The molecule has 122 valence electrons. The minimum atomic E-state index is -1.39. The van der Waals surface area contributed by atoms with Crippen LogP contribution in [0.25, 0.3) is 0 Å². The molecule has 9 heteroatoms. The van der Waals surface area contributed by atoms with E-state index < -0.39 is 24.9 Å². The number of ketones is 1. The van der Waals surface area contributed by atoms with Gasteiger partial charge in [-0.3, -0.25) is 4.79 Å². The topological polar surface area (TPSA) is 113 Å². The van der Waals surface area contributed by atoms with Crippen molar-refractivity contribution in [3.63, 3.8) is 0 Å². The third kappa shape index (κ3) is 4.23. The first-order valence-electron chi connectivity index (χ1n) is 6.97. The molecule has 1 aromatic carbocycles. The van der Waals surface area contributed by atoms with Gasteiger partial charge in [0.15, 0.2) is 0 Å². The highest BCUT2D eigenvalue weighted by molar-refractivity contribution is 6.47. The maximum absolute atomic E-state index is 11.8. The molecule has 1 amide bonds. The summed E-state index contributed by atoms with van der Waals surface area (Å²) in [6.07, 6.45) is 0.297. The fourth-order valence-corrected chi connectivity index (χ4v) is 2.57. The second kappa shape index (κ2) is 7.01. The molecule has 3 N–H and O–H groups in total. The lowest BCUT2D eigenvalue weighted by Crippen LogP contribution is -2.53. The average molecular weight is 340 g/mol. The van der Waals surface area contributed by atoms with Crippen LogP contribution in [-0.4, -0.2) is 40.8 Å². The van der Waals surface area contributed by atoms with Gasteiger partial charge in [0, 0.05) is 17.9 Å². The van der Waals surface area contributed by atoms with Crippen LogP contribution in [0.1, 0.15) is 35.7 Å². The number of carbonyl (C=O) groups is 3. The van der Waals surface area contributed by atoms with Crippen LogP contribution < -0.4 is 9.97 Å². The lowest BCUT2D eigenvalue weighted by Gasteiger charge is -2.29. The molecule has 1 heterocycles. The first-order chi connectivity index (χ1) is 10.8. The Morgan fingerprint density at radius 2 is 2.09 bits per heavy atom. The summed E-state index contributed by atoms with van der Waals surface area (Å²) in [6.45, 7) is 1.39. The Kier molecular flexibility index (Phi) is 5.28. The molecule has 0 unspecified atom stereocenters. The number of amides is 1. The summed E-state index contributed by atoms with van der Waals surface area (Å²) in [7, 11) is -1.39. The minimum absolute atomic E-state index is 0.0152. The van der Waals surface area contributed by atoms with Crippen LogP contribution in [0.3, 0.4) is 0 Å². The standard InChI is InChI=1S/C14H15BClNO6/c1-7(18)2-3-12(19)17-11-5-8-4-9(16)6-10(14(20)21)13(8)23-15(11)22/h4,6,11,22H,2-3,5H2,1H3,(H,17,19)(H,20,21)/t11-/m0/s1. The number of rotatable bonds is 5. The average Bonchev–Trinajstić information content (AvgIpc) is 2.45. The van der Waals surface area contributed by atoms with Gasteiger partial charge in [0.05, 0.1) is 5.94 Å². The molecule has 1 aliphatic rings. The molecule has 0 bridgehead atoms. The Bertz CT molecular complexity index is 665. The highest BCUT2D eigenvalue weighted by Gasteiger charge is 2.38. The van der Waals surface area contributed by atoms with Crippen LogP contribution >= 0.6 is 11.6 Å². The van der Waals surface area contributed by atoms with Gasteiger partial charge in [-0.1, -0.05) is 11.6 Å². The van der Waals surface area contributed by atoms with Gasteiger partial charge >= 0.3 is 13.1 Å². The molecule has 1 aromatic rings. The number of hydrogen-bond donors (Lipinski definition) is 3. The molecule has 23 heavy (non-hydrogen) atoms. The zero-order valence-electron chi connectivity index (χ0n) is 12.3. The van der Waals surface area contributed by atoms with Crippen molar-refractivity contribution >= 4 is 36.4 Å². The monoisotopic (exact) mass is 339 g/mol. The number of carbonyl (C=O) groups excluding carboxylic acids is 2. The number of nitrogens with one attached hydrogen (secondary N) is 1. The van der Waals surface area contributed by atoms with E-state index in [0.29, 0.717) is 5.56 Å². The lowest BCUT2D eigenvalue weighted by molar-refractivity contribution is -0.124. The highest BCUT2D eigenvalue weighted by Crippen LogP contribution is 2.33. The summed E-state index contributed by atoms with van der Waals surface area (Å²) in [6, 6.07) is 2.77. The zero-order valence-corrected chi connectivity index (χ0v) is 13.1. The predicted octanol–water partition coefficient (Wildman–Crippen LogP) is 0.847. The van der Waals surface area contributed by atoms with Crippen molar-refractivity contribution in [2.75, 3.05) is 0 Å². The first kappa shape index (κ1) is 17.3. The van der Waals surface area contributed by atoms with Gasteiger partial charge < -0.3 is 24.9 Å². The first-order valence-corrected chi connectivity index (χ1v) is 7.35. The summed E-state index contributed by atoms with van der Waals surface area (Å²) in [5.41, 5.74) is 0.338. The Hall–Kier alpha value is -2.06. The van der Waals surface area contributed by atoms with Crippen molar-refractivity contribution in [2.45, 2.75) is 32.1 Å². The van der Waals surface area contributed by atoms with Crippen molar-refractivity contribution in [2.24, 2.45) is 0 Å². The number of hydrogen-bond acceptors (Lipinski definition) is 5. The van der Waals surface area contributed by atoms with Gasteiger partial charge in [-0.2, -0.15) is 0 Å². The van der Waals surface area contributed by atoms with E-state index in [9.17, 15) is 19.4 Å². The fraction of sp³-hybridized carbons (Fsp3) is 0.357. The normalized spacial score (nSPS) is 16.3. The van der Waals surface area contributed by atoms with Crippen LogP contribution in [0.5, 0.6) is 5.75 Å². The highest BCUT2D eigenvalue weighted by atomic mass is 35.5. The van der Waals surface area contributed by atoms with Crippen LogP contribution in [0, 0.1) is 0 Å². The van der Waals surface area contributed by atoms with Crippen molar-refractivity contribution in [3.8, 4) is 5.75 Å². The van der Waals surface area contributed by atoms with Gasteiger partial charge in [-0.05, 0) is 31.0 Å². The molecule has 0 aromatic heterocycles. The maximum atomic E-state index is 11.8. The third-order valence-corrected chi connectivity index (χ3v) is 3.65. The van der Waals surface area contributed by atoms with Crippen LogP contribution in [0.4, 0.5) is 0 Å². The Morgan fingerprint density at radius 3 is 2.70 bits per heavy atom. The van der Waals surface area contributed by atoms with Crippen LogP contribution in [0.15, 0.2) is 12.1 Å². The third-order valence-electron chi connectivity index (χ3n) is 3.43. The van der Waals surface area contributed by atoms with E-state index in [-0.39, 0.29) is 41.4 Å². The van der Waals surface area contributed by atoms with E-state index in [1.165, 1.54) is 19.1 Å². The van der Waals surface area contributed by atoms with E-state index >= 15 is 0 Å². The fourth-order valence-electron chi connectivity index (χ4n) is 2.33. The van der Waals surface area contributed by atoms with Crippen LogP contribution in [0.2, 0.25) is 5.02 Å². The zero-order chi connectivity index (χ0) is 17.1. The number of carboxylic acids is 1. The molecular formula is C14H15BClNO6. The molecule has 0 saturated carbocycles. The molecule has 0 fully saturated rings. The summed E-state index contributed by atoms with van der Waals surface area (Å²) in [4.78, 5) is 33.9. The quantitative estimate of drug-likeness (QED) is 0.685. The van der Waals surface area contributed by atoms with Gasteiger partial charge in [-0.25, -0.2) is 4.79 Å². The molecule has 7 nitrogen and oxygen atoms in total. The molecular weight excluding hydrogens is 324 g/mol. The predicted molar refractivity (Wildman–Crippen MR) is 82.6 cm³/mol. The molecule has 1 atom stereocenters. The molecule has 0 aliphatic carbocycles. The van der Waals surface area contributed by atoms with Gasteiger partial charge in [-0.15, -0.1) is 0 Å². The Labute approximate surface area is 137 Å². The lowest BCUT2D eigenvalue weighted by atomic mass is 9.72. The second-order valence-corrected chi connectivity index (χ2v) is 5.77. The van der Waals surface area contributed by atoms with E-state index in [0.717, 1.165) is 0 Å². The number of benzene rings is 1. The molecule has 0 saturated heterocycles. The Balaban J connectivity index is 2.16. The van der Waals surface area contributed by atoms with Gasteiger partial charge in [0.25, 0.3) is 0 Å². The van der Waals surface area contributed by atoms with E-state index in [1.54, 1.807) is 0 Å². The smallest absolute Gasteiger partial charge is 0.534 e. The molecule has 2 rings (SSSR count). The van der Waals surface area contributed by atoms with Crippen molar-refractivity contribution in [3.05, 3.63) is 28.3 Å². The van der Waals surface area contributed by atoms with E-state index in [2.05, 4.69) is 5.32 Å².